The molecule has 2 rings (SSSR count). The van der Waals surface area contributed by atoms with Crippen LogP contribution in [0, 0.1) is 6.92 Å². The monoisotopic (exact) mass is 274 g/mol. The summed E-state index contributed by atoms with van der Waals surface area (Å²) < 4.78 is 6.74. The van der Waals surface area contributed by atoms with E-state index in [9.17, 15) is 4.79 Å². The van der Waals surface area contributed by atoms with Crippen LogP contribution in [0.25, 0.3) is 5.69 Å². The largest absolute Gasteiger partial charge is 0.461 e. The van der Waals surface area contributed by atoms with E-state index in [2.05, 4.69) is 9.97 Å². The second-order valence-corrected chi connectivity index (χ2v) is 4.33. The molecule has 6 heteroatoms. The minimum atomic E-state index is -0.500. The molecule has 0 unspecified atom stereocenters. The van der Waals surface area contributed by atoms with E-state index < -0.39 is 5.97 Å². The Morgan fingerprint density at radius 1 is 1.45 bits per heavy atom. The quantitative estimate of drug-likeness (QED) is 0.861. The molecule has 0 bridgehead atoms. The first-order valence-corrected chi connectivity index (χ1v) is 6.55. The second kappa shape index (κ2) is 5.73. The molecule has 0 saturated heterocycles. The predicted molar refractivity (Wildman–Crippen MR) is 75.8 cm³/mol. The van der Waals surface area contributed by atoms with Crippen molar-refractivity contribution >= 4 is 11.8 Å². The van der Waals surface area contributed by atoms with Crippen LogP contribution >= 0.6 is 0 Å². The van der Waals surface area contributed by atoms with Crippen LogP contribution in [-0.4, -0.2) is 27.1 Å². The van der Waals surface area contributed by atoms with Gasteiger partial charge >= 0.3 is 5.97 Å². The Bertz CT molecular complexity index is 634. The van der Waals surface area contributed by atoms with Crippen molar-refractivity contribution in [3.63, 3.8) is 0 Å². The zero-order valence-corrected chi connectivity index (χ0v) is 11.9. The van der Waals surface area contributed by atoms with Crippen molar-refractivity contribution in [3.05, 3.63) is 35.5 Å². The van der Waals surface area contributed by atoms with Crippen LogP contribution < -0.4 is 5.73 Å². The third kappa shape index (κ3) is 2.36. The summed E-state index contributed by atoms with van der Waals surface area (Å²) in [4.78, 5) is 20.3. The highest BCUT2D eigenvalue weighted by molar-refractivity contribution is 5.92. The van der Waals surface area contributed by atoms with Crippen LogP contribution in [0.15, 0.2) is 18.5 Å². The summed E-state index contributed by atoms with van der Waals surface area (Å²) in [5.41, 5.74) is 8.08. The number of pyridine rings is 1. The number of ether oxygens (including phenoxy) is 1. The number of esters is 1. The average Bonchev–Trinajstić information content (AvgIpc) is 2.77. The van der Waals surface area contributed by atoms with Gasteiger partial charge in [-0.3, -0.25) is 9.55 Å². The smallest absolute Gasteiger partial charge is 0.360 e. The molecule has 2 N–H and O–H groups in total. The number of aryl methyl sites for hydroxylation is 2. The lowest BCUT2D eigenvalue weighted by molar-refractivity contribution is 0.0521. The van der Waals surface area contributed by atoms with Gasteiger partial charge in [-0.15, -0.1) is 0 Å². The van der Waals surface area contributed by atoms with Gasteiger partial charge < -0.3 is 10.5 Å². The molecule has 20 heavy (non-hydrogen) atoms. The maximum atomic E-state index is 11.9. The second-order valence-electron chi connectivity index (χ2n) is 4.33. The Morgan fingerprint density at radius 3 is 2.80 bits per heavy atom. The highest BCUT2D eigenvalue weighted by atomic mass is 16.5. The van der Waals surface area contributed by atoms with Gasteiger partial charge in [0.05, 0.1) is 18.5 Å². The lowest BCUT2D eigenvalue weighted by atomic mass is 10.2. The van der Waals surface area contributed by atoms with Crippen LogP contribution in [-0.2, 0) is 11.2 Å². The molecule has 6 nitrogen and oxygen atoms in total. The zero-order chi connectivity index (χ0) is 14.7. The van der Waals surface area contributed by atoms with Gasteiger partial charge in [-0.2, -0.15) is 0 Å². The summed E-state index contributed by atoms with van der Waals surface area (Å²) in [5.74, 6) is 0.498. The molecule has 0 spiro atoms. The molecule has 0 radical (unpaired) electrons. The van der Waals surface area contributed by atoms with E-state index in [1.165, 1.54) is 0 Å². The molecule has 106 valence electrons. The number of rotatable bonds is 4. The first-order chi connectivity index (χ1) is 9.60. The summed E-state index contributed by atoms with van der Waals surface area (Å²) in [6.45, 7) is 5.95. The van der Waals surface area contributed by atoms with Crippen molar-refractivity contribution < 1.29 is 9.53 Å². The van der Waals surface area contributed by atoms with E-state index in [0.717, 1.165) is 11.3 Å². The number of nitrogen functional groups attached to an aromatic ring is 1. The fourth-order valence-electron chi connectivity index (χ4n) is 2.03. The summed E-state index contributed by atoms with van der Waals surface area (Å²) in [6, 6.07) is 1.89. The van der Waals surface area contributed by atoms with E-state index in [1.54, 1.807) is 23.9 Å². The molecule has 2 aromatic heterocycles. The van der Waals surface area contributed by atoms with E-state index in [0.29, 0.717) is 18.9 Å². The van der Waals surface area contributed by atoms with Crippen molar-refractivity contribution in [2.75, 3.05) is 12.3 Å². The maximum Gasteiger partial charge on any atom is 0.360 e. The van der Waals surface area contributed by atoms with E-state index in [1.807, 2.05) is 19.9 Å². The minimum absolute atomic E-state index is 0.159. The molecular weight excluding hydrogens is 256 g/mol. The molecule has 0 fully saturated rings. The number of anilines is 1. The Hall–Kier alpha value is -2.37. The van der Waals surface area contributed by atoms with Crippen molar-refractivity contribution in [3.8, 4) is 5.69 Å². The molecule has 2 heterocycles. The van der Waals surface area contributed by atoms with E-state index in [4.69, 9.17) is 10.5 Å². The SMILES string of the molecule is CCOC(=O)c1nc(CC)n(-c2cnccc2C)c1N. The van der Waals surface area contributed by atoms with Gasteiger partial charge in [0.1, 0.15) is 11.6 Å². The lowest BCUT2D eigenvalue weighted by Gasteiger charge is -2.11. The van der Waals surface area contributed by atoms with Crippen molar-refractivity contribution in [2.24, 2.45) is 0 Å². The van der Waals surface area contributed by atoms with E-state index in [-0.39, 0.29) is 11.5 Å². The number of nitrogens with two attached hydrogens (primary N) is 1. The first kappa shape index (κ1) is 14.0. The number of aromatic nitrogens is 3. The Labute approximate surface area is 117 Å². The molecule has 0 aliphatic carbocycles. The van der Waals surface area contributed by atoms with Gasteiger partial charge in [-0.05, 0) is 25.5 Å². The van der Waals surface area contributed by atoms with Crippen LogP contribution in [0.4, 0.5) is 5.82 Å². The number of hydrogen-bond donors (Lipinski definition) is 1. The van der Waals surface area contributed by atoms with Crippen LogP contribution in [0.1, 0.15) is 35.7 Å². The van der Waals surface area contributed by atoms with Gasteiger partial charge in [0.25, 0.3) is 0 Å². The van der Waals surface area contributed by atoms with Gasteiger partial charge in [-0.25, -0.2) is 9.78 Å². The molecule has 2 aromatic rings. The number of carbonyl (C=O) groups excluding carboxylic acids is 1. The molecule has 0 aromatic carbocycles. The first-order valence-electron chi connectivity index (χ1n) is 6.55. The summed E-state index contributed by atoms with van der Waals surface area (Å²) in [7, 11) is 0. The van der Waals surface area contributed by atoms with Crippen molar-refractivity contribution in [1.82, 2.24) is 14.5 Å². The zero-order valence-electron chi connectivity index (χ0n) is 11.9. The Morgan fingerprint density at radius 2 is 2.20 bits per heavy atom. The van der Waals surface area contributed by atoms with Gasteiger partial charge in [0, 0.05) is 12.6 Å². The number of carbonyl (C=O) groups is 1. The molecule has 0 saturated carbocycles. The summed E-state index contributed by atoms with van der Waals surface area (Å²) in [6.07, 6.45) is 4.07. The molecule has 0 amide bonds. The standard InChI is InChI=1S/C14H18N4O2/c1-4-11-17-12(14(19)20-5-2)13(15)18(11)10-8-16-7-6-9(10)3/h6-8H,4-5,15H2,1-3H3. The predicted octanol–water partition coefficient (Wildman–Crippen LogP) is 1.90. The minimum Gasteiger partial charge on any atom is -0.461 e. The van der Waals surface area contributed by atoms with Gasteiger partial charge in [0.15, 0.2) is 5.69 Å². The van der Waals surface area contributed by atoms with Crippen molar-refractivity contribution in [1.29, 1.82) is 0 Å². The number of hydrogen-bond acceptors (Lipinski definition) is 5. The van der Waals surface area contributed by atoms with Crippen LogP contribution in [0.5, 0.6) is 0 Å². The third-order valence-electron chi connectivity index (χ3n) is 3.02. The fraction of sp³-hybridized carbons (Fsp3) is 0.357. The molecular formula is C14H18N4O2. The topological polar surface area (TPSA) is 83.0 Å². The highest BCUT2D eigenvalue weighted by Gasteiger charge is 2.22. The van der Waals surface area contributed by atoms with Crippen LogP contribution in [0.3, 0.4) is 0 Å². The highest BCUT2D eigenvalue weighted by Crippen LogP contribution is 2.23. The summed E-state index contributed by atoms with van der Waals surface area (Å²) >= 11 is 0. The van der Waals surface area contributed by atoms with E-state index >= 15 is 0 Å². The molecule has 0 aliphatic heterocycles. The van der Waals surface area contributed by atoms with Crippen LogP contribution in [0.2, 0.25) is 0 Å². The fourth-order valence-corrected chi connectivity index (χ4v) is 2.03. The molecule has 0 atom stereocenters. The summed E-state index contributed by atoms with van der Waals surface area (Å²) in [5, 5.41) is 0. The number of nitrogens with zero attached hydrogens (tertiary/aromatic N) is 3. The average molecular weight is 274 g/mol. The molecule has 0 aliphatic rings. The van der Waals surface area contributed by atoms with Crippen molar-refractivity contribution in [2.45, 2.75) is 27.2 Å². The Balaban J connectivity index is 2.59. The maximum absolute atomic E-state index is 11.9. The normalized spacial score (nSPS) is 10.6. The van der Waals surface area contributed by atoms with Gasteiger partial charge in [-0.1, -0.05) is 6.92 Å². The lowest BCUT2D eigenvalue weighted by Crippen LogP contribution is -2.10. The third-order valence-corrected chi connectivity index (χ3v) is 3.02. The van der Waals surface area contributed by atoms with Gasteiger partial charge in [0.2, 0.25) is 0 Å². The number of imidazole rings is 1. The Kier molecular flexibility index (Phi) is 4.02.